The van der Waals surface area contributed by atoms with Crippen molar-refractivity contribution in [1.82, 2.24) is 20.0 Å². The Bertz CT molecular complexity index is 1300. The Hall–Kier alpha value is -2.97. The molecule has 2 fully saturated rings. The Balaban J connectivity index is 1.14. The average molecular weight is 541 g/mol. The van der Waals surface area contributed by atoms with Gasteiger partial charge in [0, 0.05) is 45.2 Å². The number of rotatable bonds is 6. The van der Waals surface area contributed by atoms with Crippen LogP contribution in [-0.2, 0) is 22.7 Å². The maximum atomic E-state index is 12.5. The van der Waals surface area contributed by atoms with Crippen LogP contribution in [0.15, 0.2) is 78.9 Å². The molecule has 3 aromatic rings. The predicted octanol–water partition coefficient (Wildman–Crippen LogP) is 4.53. The van der Waals surface area contributed by atoms with Gasteiger partial charge in [-0.1, -0.05) is 78.9 Å². The largest absolute Gasteiger partial charge is 0.295 e. The van der Waals surface area contributed by atoms with E-state index in [4.69, 9.17) is 12.6 Å². The van der Waals surface area contributed by atoms with Crippen LogP contribution in [0.3, 0.4) is 0 Å². The van der Waals surface area contributed by atoms with Crippen LogP contribution in [0, 0.1) is 0 Å². The molecule has 3 heterocycles. The monoisotopic (exact) mass is 540 g/mol. The Morgan fingerprint density at radius 1 is 0.949 bits per heavy atom. The molecule has 2 saturated heterocycles. The first kappa shape index (κ1) is 26.3. The van der Waals surface area contributed by atoms with Crippen LogP contribution in [0.4, 0.5) is 0 Å². The summed E-state index contributed by atoms with van der Waals surface area (Å²) < 4.78 is 0. The summed E-state index contributed by atoms with van der Waals surface area (Å²) in [6.07, 6.45) is 0.936. The number of imide groups is 1. The van der Waals surface area contributed by atoms with Crippen molar-refractivity contribution < 1.29 is 9.59 Å². The number of carbonyl (C=O) groups excluding carboxylic acids is 2. The highest BCUT2D eigenvalue weighted by Crippen LogP contribution is 2.40. The van der Waals surface area contributed by atoms with Gasteiger partial charge >= 0.3 is 0 Å². The molecule has 3 aromatic carbocycles. The Morgan fingerprint density at radius 2 is 1.64 bits per heavy atom. The maximum Gasteiger partial charge on any atom is 0.243 e. The van der Waals surface area contributed by atoms with E-state index in [-0.39, 0.29) is 29.3 Å². The molecule has 0 spiro atoms. The molecular formula is C32H36N4O2S. The molecular weight excluding hydrogens is 504 g/mol. The van der Waals surface area contributed by atoms with E-state index in [0.29, 0.717) is 25.4 Å². The molecule has 7 heteroatoms. The number of thiol groups is 1. The van der Waals surface area contributed by atoms with E-state index in [1.54, 1.807) is 0 Å². The Morgan fingerprint density at radius 3 is 2.28 bits per heavy atom. The zero-order valence-electron chi connectivity index (χ0n) is 22.4. The summed E-state index contributed by atoms with van der Waals surface area (Å²) in [6.45, 7) is 6.91. The van der Waals surface area contributed by atoms with E-state index in [1.165, 1.54) is 27.8 Å². The minimum atomic E-state index is -0.309. The highest BCUT2D eigenvalue weighted by atomic mass is 32.1. The molecule has 0 saturated carbocycles. The molecule has 0 bridgehead atoms. The van der Waals surface area contributed by atoms with Crippen LogP contribution in [0.2, 0.25) is 0 Å². The van der Waals surface area contributed by atoms with E-state index < -0.39 is 0 Å². The van der Waals surface area contributed by atoms with Gasteiger partial charge in [-0.3, -0.25) is 29.6 Å². The maximum absolute atomic E-state index is 12.5. The molecule has 0 radical (unpaired) electrons. The fourth-order valence-electron chi connectivity index (χ4n) is 6.48. The van der Waals surface area contributed by atoms with Gasteiger partial charge in [-0.05, 0) is 41.2 Å². The van der Waals surface area contributed by atoms with Gasteiger partial charge in [-0.25, -0.2) is 0 Å². The molecule has 39 heavy (non-hydrogen) atoms. The lowest BCUT2D eigenvalue weighted by atomic mass is 9.95. The fourth-order valence-corrected chi connectivity index (χ4v) is 6.96. The number of piperidine rings is 1. The molecule has 1 N–H and O–H groups in total. The van der Waals surface area contributed by atoms with Crippen LogP contribution in [0.1, 0.15) is 59.0 Å². The molecule has 0 aromatic heterocycles. The van der Waals surface area contributed by atoms with Crippen LogP contribution < -0.4 is 5.32 Å². The quantitative estimate of drug-likeness (QED) is 0.356. The van der Waals surface area contributed by atoms with Crippen LogP contribution in [0.5, 0.6) is 0 Å². The summed E-state index contributed by atoms with van der Waals surface area (Å²) in [5.74, 6) is -0.381. The third kappa shape index (κ3) is 5.41. The number of amides is 2. The zero-order valence-corrected chi connectivity index (χ0v) is 23.3. The van der Waals surface area contributed by atoms with Gasteiger partial charge in [0.25, 0.3) is 0 Å². The Kier molecular flexibility index (Phi) is 7.58. The number of carbonyl (C=O) groups is 2. The Labute approximate surface area is 236 Å². The van der Waals surface area contributed by atoms with Gasteiger partial charge in [-0.2, -0.15) is 12.6 Å². The number of hydrogen-bond donors (Lipinski definition) is 2. The minimum absolute atomic E-state index is 0.143. The second kappa shape index (κ2) is 11.3. The summed E-state index contributed by atoms with van der Waals surface area (Å²) in [5.41, 5.74) is 6.35. The van der Waals surface area contributed by atoms with Crippen LogP contribution in [-0.4, -0.2) is 58.2 Å². The molecule has 2 amide bonds. The number of benzene rings is 3. The number of nitrogens with zero attached hydrogens (tertiary/aromatic N) is 3. The molecule has 202 valence electrons. The van der Waals surface area contributed by atoms with Gasteiger partial charge in [0.2, 0.25) is 11.8 Å². The van der Waals surface area contributed by atoms with Crippen molar-refractivity contribution >= 4 is 24.4 Å². The van der Waals surface area contributed by atoms with Crippen molar-refractivity contribution in [2.45, 2.75) is 56.4 Å². The van der Waals surface area contributed by atoms with E-state index in [2.05, 4.69) is 106 Å². The van der Waals surface area contributed by atoms with E-state index in [0.717, 1.165) is 26.2 Å². The highest BCUT2D eigenvalue weighted by Gasteiger charge is 2.39. The van der Waals surface area contributed by atoms with E-state index in [9.17, 15) is 9.59 Å². The van der Waals surface area contributed by atoms with Crippen molar-refractivity contribution in [3.05, 3.63) is 107 Å². The predicted molar refractivity (Wildman–Crippen MR) is 156 cm³/mol. The van der Waals surface area contributed by atoms with Crippen LogP contribution >= 0.6 is 12.6 Å². The van der Waals surface area contributed by atoms with Crippen LogP contribution in [0.25, 0.3) is 0 Å². The first-order chi connectivity index (χ1) is 19.0. The van der Waals surface area contributed by atoms with Gasteiger partial charge in [0.15, 0.2) is 0 Å². The van der Waals surface area contributed by atoms with Crippen molar-refractivity contribution in [2.75, 3.05) is 19.6 Å². The second-order valence-corrected chi connectivity index (χ2v) is 11.6. The molecule has 0 aliphatic carbocycles. The lowest BCUT2D eigenvalue weighted by Crippen LogP contribution is -2.52. The van der Waals surface area contributed by atoms with Crippen molar-refractivity contribution in [3.63, 3.8) is 0 Å². The lowest BCUT2D eigenvalue weighted by molar-refractivity contribution is -0.137. The third-order valence-corrected chi connectivity index (χ3v) is 9.12. The molecule has 3 aliphatic rings. The summed E-state index contributed by atoms with van der Waals surface area (Å²) >= 11 is 4.92. The van der Waals surface area contributed by atoms with Crippen molar-refractivity contribution in [2.24, 2.45) is 0 Å². The van der Waals surface area contributed by atoms with Gasteiger partial charge in [0.1, 0.15) is 0 Å². The SMILES string of the molecule is C[C@@H]1CN(C(c2ccccc2)c2ccccc2)CCN1Cc1ccc2c(c1)C(S)N(C1CCC(=O)NC1=O)C2. The topological polar surface area (TPSA) is 55.9 Å². The number of hydrogen-bond acceptors (Lipinski definition) is 6. The van der Waals surface area contributed by atoms with E-state index >= 15 is 0 Å². The van der Waals surface area contributed by atoms with Gasteiger partial charge in [-0.15, -0.1) is 0 Å². The third-order valence-electron chi connectivity index (χ3n) is 8.54. The number of nitrogens with one attached hydrogen (secondary N) is 1. The summed E-state index contributed by atoms with van der Waals surface area (Å²) in [6, 6.07) is 28.7. The van der Waals surface area contributed by atoms with Gasteiger partial charge in [0.05, 0.1) is 17.5 Å². The fraction of sp³-hybridized carbons (Fsp3) is 0.375. The highest BCUT2D eigenvalue weighted by molar-refractivity contribution is 7.80. The summed E-state index contributed by atoms with van der Waals surface area (Å²) in [7, 11) is 0. The first-order valence-corrected chi connectivity index (χ1v) is 14.5. The molecule has 6 nitrogen and oxygen atoms in total. The number of fused-ring (bicyclic) bond motifs is 1. The second-order valence-electron chi connectivity index (χ2n) is 11.1. The minimum Gasteiger partial charge on any atom is -0.295 e. The molecule has 3 atom stereocenters. The van der Waals surface area contributed by atoms with Crippen molar-refractivity contribution in [3.8, 4) is 0 Å². The lowest BCUT2D eigenvalue weighted by Gasteiger charge is -2.43. The summed E-state index contributed by atoms with van der Waals surface area (Å²) in [4.78, 5) is 31.4. The molecule has 6 rings (SSSR count). The van der Waals surface area contributed by atoms with Gasteiger partial charge < -0.3 is 0 Å². The summed E-state index contributed by atoms with van der Waals surface area (Å²) in [5, 5.41) is 2.35. The molecule has 2 unspecified atom stereocenters. The normalized spacial score (nSPS) is 24.6. The van der Waals surface area contributed by atoms with E-state index in [1.807, 2.05) is 0 Å². The standard InChI is InChI=1S/C32H36N4O2S/c1-22-19-35(30(24-8-4-2-5-9-24)25-10-6-3-7-11-25)17-16-34(22)20-23-12-13-26-21-36(32(39)27(26)18-23)28-14-15-29(37)33-31(28)38/h2-13,18,22,28,30,32,39H,14-17,19-21H2,1H3,(H,33,37,38)/t22-,28?,32?/m1/s1. The smallest absolute Gasteiger partial charge is 0.243 e. The molecule has 3 aliphatic heterocycles. The average Bonchev–Trinajstić information content (AvgIpc) is 3.27. The zero-order chi connectivity index (χ0) is 26.9. The number of piperazine rings is 1. The van der Waals surface area contributed by atoms with Crippen molar-refractivity contribution in [1.29, 1.82) is 0 Å². The first-order valence-electron chi connectivity index (χ1n) is 13.9.